The zero-order chi connectivity index (χ0) is 13.9. The van der Waals surface area contributed by atoms with Gasteiger partial charge in [0.2, 0.25) is 5.91 Å². The van der Waals surface area contributed by atoms with Crippen LogP contribution < -0.4 is 0 Å². The second-order valence-electron chi connectivity index (χ2n) is 6.10. The van der Waals surface area contributed by atoms with E-state index in [1.54, 1.807) is 0 Å². The third kappa shape index (κ3) is 3.04. The molecule has 2 fully saturated rings. The lowest BCUT2D eigenvalue weighted by atomic mass is 10.1. The minimum atomic E-state index is 0.270. The van der Waals surface area contributed by atoms with Crippen molar-refractivity contribution in [3.8, 4) is 0 Å². The Morgan fingerprint density at radius 1 is 1.35 bits per heavy atom. The summed E-state index contributed by atoms with van der Waals surface area (Å²) >= 11 is 0. The summed E-state index contributed by atoms with van der Waals surface area (Å²) in [6.07, 6.45) is 2.99. The second-order valence-corrected chi connectivity index (χ2v) is 6.10. The monoisotopic (exact) mass is 273 g/mol. The van der Waals surface area contributed by atoms with Crippen molar-refractivity contribution in [2.75, 3.05) is 19.8 Å². The number of hydrogen-bond acceptors (Lipinski definition) is 2. The molecular formula is C17H23NO2. The van der Waals surface area contributed by atoms with Crippen LogP contribution in [0.1, 0.15) is 25.3 Å². The Morgan fingerprint density at radius 2 is 2.10 bits per heavy atom. The van der Waals surface area contributed by atoms with E-state index in [-0.39, 0.29) is 5.92 Å². The first kappa shape index (κ1) is 13.6. The molecule has 3 rings (SSSR count). The van der Waals surface area contributed by atoms with Crippen molar-refractivity contribution < 1.29 is 9.53 Å². The maximum Gasteiger partial charge on any atom is 0.226 e. The Labute approximate surface area is 120 Å². The fourth-order valence-electron chi connectivity index (χ4n) is 3.01. The van der Waals surface area contributed by atoms with Crippen molar-refractivity contribution in [1.29, 1.82) is 0 Å². The number of amides is 1. The molecule has 3 atom stereocenters. The largest absolute Gasteiger partial charge is 0.379 e. The number of hydrogen-bond donors (Lipinski definition) is 0. The van der Waals surface area contributed by atoms with Crippen LogP contribution in [0.4, 0.5) is 0 Å². The van der Waals surface area contributed by atoms with Crippen molar-refractivity contribution in [2.24, 2.45) is 11.8 Å². The quantitative estimate of drug-likeness (QED) is 0.825. The van der Waals surface area contributed by atoms with E-state index in [1.165, 1.54) is 5.56 Å². The number of ether oxygens (including phenoxy) is 1. The molecule has 1 aliphatic carbocycles. The van der Waals surface area contributed by atoms with Crippen LogP contribution in [0.5, 0.6) is 0 Å². The third-order valence-electron chi connectivity index (χ3n) is 4.54. The molecule has 20 heavy (non-hydrogen) atoms. The highest BCUT2D eigenvalue weighted by atomic mass is 16.5. The second kappa shape index (κ2) is 5.96. The van der Waals surface area contributed by atoms with Crippen molar-refractivity contribution in [3.05, 3.63) is 35.9 Å². The Bertz CT molecular complexity index is 453. The maximum absolute atomic E-state index is 12.6. The zero-order valence-electron chi connectivity index (χ0n) is 12.1. The van der Waals surface area contributed by atoms with E-state index < -0.39 is 0 Å². The van der Waals surface area contributed by atoms with Gasteiger partial charge in [0.1, 0.15) is 0 Å². The zero-order valence-corrected chi connectivity index (χ0v) is 12.1. The van der Waals surface area contributed by atoms with Gasteiger partial charge in [0.25, 0.3) is 0 Å². The molecule has 0 spiro atoms. The smallest absolute Gasteiger partial charge is 0.226 e. The molecule has 0 aromatic heterocycles. The van der Waals surface area contributed by atoms with Crippen LogP contribution in [-0.2, 0) is 16.0 Å². The number of carbonyl (C=O) groups is 1. The Hall–Kier alpha value is -1.35. The first-order valence-electron chi connectivity index (χ1n) is 7.68. The van der Waals surface area contributed by atoms with E-state index in [2.05, 4.69) is 36.1 Å². The molecule has 0 bridgehead atoms. The molecule has 1 saturated heterocycles. The summed E-state index contributed by atoms with van der Waals surface area (Å²) in [6, 6.07) is 10.7. The van der Waals surface area contributed by atoms with Crippen molar-refractivity contribution in [3.63, 3.8) is 0 Å². The summed E-state index contributed by atoms with van der Waals surface area (Å²) in [5.74, 6) is 1.19. The van der Waals surface area contributed by atoms with Crippen molar-refractivity contribution in [1.82, 2.24) is 4.90 Å². The summed E-state index contributed by atoms with van der Waals surface area (Å²) in [7, 11) is 0. The predicted octanol–water partition coefficient (Wildman–Crippen LogP) is 2.50. The normalized spacial score (nSPS) is 28.4. The molecule has 1 saturated carbocycles. The third-order valence-corrected chi connectivity index (χ3v) is 4.54. The van der Waals surface area contributed by atoms with E-state index in [1.807, 2.05) is 6.07 Å². The standard InChI is InChI=1S/C17H23NO2/c1-13-11-16(13)17(19)18(15-8-10-20-12-15)9-7-14-5-3-2-4-6-14/h2-6,13,15-16H,7-12H2,1H3/t13-,15-,16+/m1/s1. The van der Waals surface area contributed by atoms with Crippen LogP contribution in [0.2, 0.25) is 0 Å². The van der Waals surface area contributed by atoms with Crippen molar-refractivity contribution >= 4 is 5.91 Å². The SMILES string of the molecule is C[C@@H]1C[C@@H]1C(=O)N(CCc1ccccc1)[C@@H]1CCOC1. The van der Waals surface area contributed by atoms with Gasteiger partial charge in [-0.2, -0.15) is 0 Å². The van der Waals surface area contributed by atoms with Gasteiger partial charge >= 0.3 is 0 Å². The van der Waals surface area contributed by atoms with Gasteiger partial charge in [-0.3, -0.25) is 4.79 Å². The van der Waals surface area contributed by atoms with E-state index in [4.69, 9.17) is 4.74 Å². The van der Waals surface area contributed by atoms with Crippen molar-refractivity contribution in [2.45, 2.75) is 32.2 Å². The highest BCUT2D eigenvalue weighted by Gasteiger charge is 2.43. The highest BCUT2D eigenvalue weighted by Crippen LogP contribution is 2.39. The predicted molar refractivity (Wildman–Crippen MR) is 78.4 cm³/mol. The Morgan fingerprint density at radius 3 is 2.70 bits per heavy atom. The molecule has 1 amide bonds. The Balaban J connectivity index is 1.64. The lowest BCUT2D eigenvalue weighted by Crippen LogP contribution is -2.43. The lowest BCUT2D eigenvalue weighted by molar-refractivity contribution is -0.135. The maximum atomic E-state index is 12.6. The van der Waals surface area contributed by atoms with Crippen LogP contribution in [0.25, 0.3) is 0 Å². The first-order chi connectivity index (χ1) is 9.75. The van der Waals surface area contributed by atoms with Crippen LogP contribution >= 0.6 is 0 Å². The minimum absolute atomic E-state index is 0.270. The Kier molecular flexibility index (Phi) is 4.06. The topological polar surface area (TPSA) is 29.5 Å². The first-order valence-corrected chi connectivity index (χ1v) is 7.68. The van der Waals surface area contributed by atoms with E-state index in [0.717, 1.165) is 32.4 Å². The fourth-order valence-corrected chi connectivity index (χ4v) is 3.01. The van der Waals surface area contributed by atoms with Gasteiger partial charge in [-0.25, -0.2) is 0 Å². The summed E-state index contributed by atoms with van der Waals surface area (Å²) in [5.41, 5.74) is 1.30. The van der Waals surface area contributed by atoms with Gasteiger partial charge in [0.15, 0.2) is 0 Å². The van der Waals surface area contributed by atoms with Gasteiger partial charge in [0.05, 0.1) is 12.6 Å². The molecule has 108 valence electrons. The van der Waals surface area contributed by atoms with Crippen LogP contribution in [0, 0.1) is 11.8 Å². The van der Waals surface area contributed by atoms with Gasteiger partial charge in [-0.15, -0.1) is 0 Å². The molecule has 1 aliphatic heterocycles. The summed E-state index contributed by atoms with van der Waals surface area (Å²) in [5, 5.41) is 0. The number of benzene rings is 1. The van der Waals surface area contributed by atoms with Crippen LogP contribution in [-0.4, -0.2) is 36.6 Å². The van der Waals surface area contributed by atoms with E-state index in [9.17, 15) is 4.79 Å². The summed E-state index contributed by atoms with van der Waals surface area (Å²) in [4.78, 5) is 14.7. The number of carbonyl (C=O) groups excluding carboxylic acids is 1. The fraction of sp³-hybridized carbons (Fsp3) is 0.588. The summed E-state index contributed by atoms with van der Waals surface area (Å²) < 4.78 is 5.47. The molecule has 2 aliphatic rings. The van der Waals surface area contributed by atoms with Gasteiger partial charge in [-0.1, -0.05) is 37.3 Å². The van der Waals surface area contributed by atoms with Gasteiger partial charge in [-0.05, 0) is 30.7 Å². The molecule has 0 unspecified atom stereocenters. The highest BCUT2D eigenvalue weighted by molar-refractivity contribution is 5.82. The van der Waals surface area contributed by atoms with E-state index >= 15 is 0 Å². The van der Waals surface area contributed by atoms with Crippen LogP contribution in [0.3, 0.4) is 0 Å². The molecule has 0 N–H and O–H groups in total. The molecular weight excluding hydrogens is 250 g/mol. The molecule has 0 radical (unpaired) electrons. The lowest BCUT2D eigenvalue weighted by Gasteiger charge is -2.28. The average molecular weight is 273 g/mol. The molecule has 3 heteroatoms. The number of rotatable bonds is 5. The van der Waals surface area contributed by atoms with Gasteiger partial charge in [0, 0.05) is 19.1 Å². The van der Waals surface area contributed by atoms with Gasteiger partial charge < -0.3 is 9.64 Å². The minimum Gasteiger partial charge on any atom is -0.379 e. The molecule has 1 heterocycles. The van der Waals surface area contributed by atoms with Crippen LogP contribution in [0.15, 0.2) is 30.3 Å². The molecule has 3 nitrogen and oxygen atoms in total. The molecule has 1 aromatic carbocycles. The number of nitrogens with zero attached hydrogens (tertiary/aromatic N) is 1. The summed E-state index contributed by atoms with van der Waals surface area (Å²) in [6.45, 7) is 4.49. The average Bonchev–Trinajstić information content (AvgIpc) is 2.98. The molecule has 1 aromatic rings. The van der Waals surface area contributed by atoms with E-state index in [0.29, 0.717) is 24.5 Å².